The van der Waals surface area contributed by atoms with E-state index >= 15 is 0 Å². The molecule has 0 bridgehead atoms. The molecule has 1 saturated heterocycles. The Morgan fingerprint density at radius 1 is 1.13 bits per heavy atom. The van der Waals surface area contributed by atoms with Gasteiger partial charge >= 0.3 is 6.03 Å². The van der Waals surface area contributed by atoms with Gasteiger partial charge in [0.2, 0.25) is 0 Å². The molecule has 1 heterocycles. The summed E-state index contributed by atoms with van der Waals surface area (Å²) in [5, 5.41) is 2.84. The van der Waals surface area contributed by atoms with Gasteiger partial charge in [0, 0.05) is 11.1 Å². The summed E-state index contributed by atoms with van der Waals surface area (Å²) in [6, 6.07) is 12.3. The van der Waals surface area contributed by atoms with Crippen molar-refractivity contribution >= 4 is 17.7 Å². The number of aryl methyl sites for hydroxylation is 1. The number of Topliss-reactive ketones (excluding diaryl/α,β-unsaturated/α-hetero) is 1. The molecule has 0 radical (unpaired) electrons. The Bertz CT molecular complexity index is 986. The fraction of sp³-hybridized carbons (Fsp3) is 0.375. The lowest BCUT2D eigenvalue weighted by molar-refractivity contribution is -0.131. The van der Waals surface area contributed by atoms with E-state index in [1.807, 2.05) is 31.2 Å². The van der Waals surface area contributed by atoms with Crippen LogP contribution >= 0.6 is 0 Å². The molecule has 2 aromatic carbocycles. The molecule has 0 aromatic heterocycles. The van der Waals surface area contributed by atoms with Crippen molar-refractivity contribution in [2.24, 2.45) is 0 Å². The third-order valence-corrected chi connectivity index (χ3v) is 5.51. The minimum absolute atomic E-state index is 0.0409. The average molecular weight is 424 g/mol. The Labute approximate surface area is 182 Å². The summed E-state index contributed by atoms with van der Waals surface area (Å²) in [6.45, 7) is 5.55. The molecule has 0 unspecified atom stereocenters. The van der Waals surface area contributed by atoms with Gasteiger partial charge in [-0.15, -0.1) is 0 Å². The summed E-state index contributed by atoms with van der Waals surface area (Å²) < 4.78 is 10.8. The number of ether oxygens (including phenoxy) is 2. The highest BCUT2D eigenvalue weighted by Crippen LogP contribution is 2.28. The number of carbonyl (C=O) groups excluding carboxylic acids is 3. The summed E-state index contributed by atoms with van der Waals surface area (Å²) in [5.41, 5.74) is 1.18. The van der Waals surface area contributed by atoms with Crippen LogP contribution in [0.3, 0.4) is 0 Å². The first-order valence-corrected chi connectivity index (χ1v) is 10.3. The molecule has 164 valence electrons. The van der Waals surface area contributed by atoms with Crippen molar-refractivity contribution in [3.05, 3.63) is 59.2 Å². The van der Waals surface area contributed by atoms with Crippen molar-refractivity contribution < 1.29 is 23.9 Å². The van der Waals surface area contributed by atoms with Gasteiger partial charge in [-0.2, -0.15) is 0 Å². The number of nitrogens with zero attached hydrogens (tertiary/aromatic N) is 1. The van der Waals surface area contributed by atoms with E-state index < -0.39 is 11.6 Å². The van der Waals surface area contributed by atoms with Crippen LogP contribution in [0.25, 0.3) is 0 Å². The zero-order valence-corrected chi connectivity index (χ0v) is 18.4. The quantitative estimate of drug-likeness (QED) is 0.490. The molecule has 1 atom stereocenters. The van der Waals surface area contributed by atoms with E-state index in [1.54, 1.807) is 32.2 Å². The standard InChI is InChI=1S/C24H28N2O5/c1-5-31-21-11-8-18(16(2)27)14-19(21)15-26-22(28)24(3,25-23(26)29)13-12-17-6-9-20(30-4)10-7-17/h6-11,14H,5,12-13,15H2,1-4H3,(H,25,29)/t24-/m0/s1. The predicted octanol–water partition coefficient (Wildman–Crippen LogP) is 3.74. The van der Waals surface area contributed by atoms with Gasteiger partial charge in [0.1, 0.15) is 17.0 Å². The molecule has 31 heavy (non-hydrogen) atoms. The highest BCUT2D eigenvalue weighted by atomic mass is 16.5. The van der Waals surface area contributed by atoms with Gasteiger partial charge < -0.3 is 14.8 Å². The Hall–Kier alpha value is -3.35. The Morgan fingerprint density at radius 2 is 1.84 bits per heavy atom. The Balaban J connectivity index is 1.76. The van der Waals surface area contributed by atoms with Crippen LogP contribution in [0.2, 0.25) is 0 Å². The van der Waals surface area contributed by atoms with Crippen LogP contribution in [0, 0.1) is 0 Å². The third-order valence-electron chi connectivity index (χ3n) is 5.51. The van der Waals surface area contributed by atoms with Gasteiger partial charge in [0.25, 0.3) is 5.91 Å². The van der Waals surface area contributed by atoms with Crippen molar-refractivity contribution in [3.63, 3.8) is 0 Å². The number of urea groups is 1. The molecule has 7 nitrogen and oxygen atoms in total. The number of methoxy groups -OCH3 is 1. The van der Waals surface area contributed by atoms with E-state index in [0.29, 0.717) is 36.3 Å². The maximum atomic E-state index is 13.2. The first-order chi connectivity index (χ1) is 14.8. The van der Waals surface area contributed by atoms with Crippen LogP contribution in [-0.4, -0.2) is 41.9 Å². The number of amides is 3. The molecule has 0 saturated carbocycles. The second-order valence-corrected chi connectivity index (χ2v) is 7.81. The van der Waals surface area contributed by atoms with Gasteiger partial charge in [-0.1, -0.05) is 12.1 Å². The number of imide groups is 1. The molecule has 0 aliphatic carbocycles. The van der Waals surface area contributed by atoms with Crippen LogP contribution < -0.4 is 14.8 Å². The minimum Gasteiger partial charge on any atom is -0.497 e. The van der Waals surface area contributed by atoms with E-state index in [1.165, 1.54) is 11.8 Å². The van der Waals surface area contributed by atoms with Crippen molar-refractivity contribution in [3.8, 4) is 11.5 Å². The van der Waals surface area contributed by atoms with Gasteiger partial charge in [-0.3, -0.25) is 14.5 Å². The summed E-state index contributed by atoms with van der Waals surface area (Å²) in [6.07, 6.45) is 1.09. The molecular formula is C24H28N2O5. The summed E-state index contributed by atoms with van der Waals surface area (Å²) in [5.74, 6) is 0.941. The lowest BCUT2D eigenvalue weighted by Gasteiger charge is -2.22. The number of ketones is 1. The summed E-state index contributed by atoms with van der Waals surface area (Å²) in [7, 11) is 1.61. The van der Waals surface area contributed by atoms with Gasteiger partial charge in [-0.25, -0.2) is 4.79 Å². The fourth-order valence-electron chi connectivity index (χ4n) is 3.64. The smallest absolute Gasteiger partial charge is 0.325 e. The van der Waals surface area contributed by atoms with E-state index in [-0.39, 0.29) is 18.2 Å². The molecule has 3 rings (SSSR count). The number of hydrogen-bond acceptors (Lipinski definition) is 5. The number of rotatable bonds is 9. The summed E-state index contributed by atoms with van der Waals surface area (Å²) >= 11 is 0. The second kappa shape index (κ2) is 9.20. The van der Waals surface area contributed by atoms with Gasteiger partial charge in [0.15, 0.2) is 5.78 Å². The fourth-order valence-corrected chi connectivity index (χ4v) is 3.64. The van der Waals surface area contributed by atoms with Crippen LogP contribution in [0.4, 0.5) is 4.79 Å². The largest absolute Gasteiger partial charge is 0.497 e. The molecule has 1 aliphatic rings. The minimum atomic E-state index is -0.999. The zero-order valence-electron chi connectivity index (χ0n) is 18.4. The predicted molar refractivity (Wildman–Crippen MR) is 116 cm³/mol. The number of carbonyl (C=O) groups is 3. The maximum Gasteiger partial charge on any atom is 0.325 e. The van der Waals surface area contributed by atoms with Crippen LogP contribution in [-0.2, 0) is 17.8 Å². The third kappa shape index (κ3) is 4.87. The SMILES string of the molecule is CCOc1ccc(C(C)=O)cc1CN1C(=O)N[C@@](C)(CCc2ccc(OC)cc2)C1=O. The van der Waals surface area contributed by atoms with E-state index in [2.05, 4.69) is 5.32 Å². The van der Waals surface area contributed by atoms with Crippen LogP contribution in [0.15, 0.2) is 42.5 Å². The topological polar surface area (TPSA) is 84.9 Å². The Kier molecular flexibility index (Phi) is 6.63. The molecule has 1 fully saturated rings. The molecule has 1 N–H and O–H groups in total. The molecule has 7 heteroatoms. The molecule has 3 amide bonds. The van der Waals surface area contributed by atoms with Gasteiger partial charge in [0.05, 0.1) is 20.3 Å². The van der Waals surface area contributed by atoms with E-state index in [4.69, 9.17) is 9.47 Å². The number of benzene rings is 2. The second-order valence-electron chi connectivity index (χ2n) is 7.81. The number of hydrogen-bond donors (Lipinski definition) is 1. The van der Waals surface area contributed by atoms with Crippen molar-refractivity contribution in [1.29, 1.82) is 0 Å². The Morgan fingerprint density at radius 3 is 2.45 bits per heavy atom. The van der Waals surface area contributed by atoms with Crippen LogP contribution in [0.1, 0.15) is 48.7 Å². The molecule has 1 aliphatic heterocycles. The van der Waals surface area contributed by atoms with Gasteiger partial charge in [-0.05, 0) is 69.5 Å². The van der Waals surface area contributed by atoms with Crippen molar-refractivity contribution in [2.45, 2.75) is 45.7 Å². The van der Waals surface area contributed by atoms with E-state index in [0.717, 1.165) is 11.3 Å². The number of nitrogens with one attached hydrogen (secondary N) is 1. The normalized spacial score (nSPS) is 18.1. The molecule has 2 aromatic rings. The maximum absolute atomic E-state index is 13.2. The average Bonchev–Trinajstić information content (AvgIpc) is 2.97. The lowest BCUT2D eigenvalue weighted by Crippen LogP contribution is -2.44. The highest BCUT2D eigenvalue weighted by molar-refractivity contribution is 6.06. The lowest BCUT2D eigenvalue weighted by atomic mass is 9.93. The first-order valence-electron chi connectivity index (χ1n) is 10.3. The zero-order chi connectivity index (χ0) is 22.6. The van der Waals surface area contributed by atoms with E-state index in [9.17, 15) is 14.4 Å². The monoisotopic (exact) mass is 424 g/mol. The van der Waals surface area contributed by atoms with Crippen molar-refractivity contribution in [1.82, 2.24) is 10.2 Å². The first kappa shape index (κ1) is 22.3. The molecule has 0 spiro atoms. The van der Waals surface area contributed by atoms with Crippen molar-refractivity contribution in [2.75, 3.05) is 13.7 Å². The summed E-state index contributed by atoms with van der Waals surface area (Å²) in [4.78, 5) is 38.8. The van der Waals surface area contributed by atoms with Crippen LogP contribution in [0.5, 0.6) is 11.5 Å². The highest BCUT2D eigenvalue weighted by Gasteiger charge is 2.47. The molecular weight excluding hydrogens is 396 g/mol.